The molecule has 1 heterocycles. The molecule has 0 unspecified atom stereocenters. The van der Waals surface area contributed by atoms with E-state index in [9.17, 15) is 4.79 Å². The lowest BCUT2D eigenvalue weighted by Crippen LogP contribution is -2.08. The number of thioether (sulfide) groups is 1. The normalized spacial score (nSPS) is 10.6. The third-order valence-electron chi connectivity index (χ3n) is 2.91. The molecule has 0 saturated heterocycles. The van der Waals surface area contributed by atoms with Crippen molar-refractivity contribution in [1.29, 1.82) is 0 Å². The van der Waals surface area contributed by atoms with E-state index in [0.717, 1.165) is 10.6 Å². The molecular formula is C14H16ClN3O2S. The number of benzene rings is 1. The van der Waals surface area contributed by atoms with Gasteiger partial charge in [-0.15, -0.1) is 11.8 Å². The predicted molar refractivity (Wildman–Crippen MR) is 84.6 cm³/mol. The molecule has 0 fully saturated rings. The Hall–Kier alpha value is -1.66. The van der Waals surface area contributed by atoms with Crippen LogP contribution in [0.1, 0.15) is 23.0 Å². The number of hydrogen-bond donors (Lipinski definition) is 1. The summed E-state index contributed by atoms with van der Waals surface area (Å²) in [5.41, 5.74) is 7.79. The van der Waals surface area contributed by atoms with Crippen molar-refractivity contribution in [1.82, 2.24) is 9.78 Å². The lowest BCUT2D eigenvalue weighted by Gasteiger charge is -2.09. The molecule has 0 aliphatic heterocycles. The maximum Gasteiger partial charge on any atom is 0.341 e. The highest BCUT2D eigenvalue weighted by Gasteiger charge is 2.18. The van der Waals surface area contributed by atoms with E-state index in [0.29, 0.717) is 28.6 Å². The molecule has 112 valence electrons. The maximum atomic E-state index is 11.9. The number of aromatic nitrogens is 2. The molecule has 1 aromatic carbocycles. The highest BCUT2D eigenvalue weighted by molar-refractivity contribution is 7.98. The van der Waals surface area contributed by atoms with Crippen molar-refractivity contribution in [3.8, 4) is 0 Å². The number of hydrogen-bond acceptors (Lipinski definition) is 5. The van der Waals surface area contributed by atoms with Gasteiger partial charge in [0.1, 0.15) is 5.56 Å². The number of halogens is 1. The molecule has 2 aromatic rings. The Labute approximate surface area is 132 Å². The van der Waals surface area contributed by atoms with Crippen LogP contribution in [0.3, 0.4) is 0 Å². The van der Waals surface area contributed by atoms with Crippen molar-refractivity contribution in [3.63, 3.8) is 0 Å². The van der Waals surface area contributed by atoms with Crippen molar-refractivity contribution in [2.24, 2.45) is 7.05 Å². The fourth-order valence-corrected chi connectivity index (χ4v) is 3.24. The first-order valence-corrected chi connectivity index (χ1v) is 7.75. The van der Waals surface area contributed by atoms with Crippen LogP contribution in [0.2, 0.25) is 5.02 Å². The summed E-state index contributed by atoms with van der Waals surface area (Å²) in [6.07, 6.45) is 1.52. The Morgan fingerprint density at radius 1 is 1.52 bits per heavy atom. The van der Waals surface area contributed by atoms with E-state index in [2.05, 4.69) is 5.10 Å². The maximum absolute atomic E-state index is 11.9. The molecular weight excluding hydrogens is 310 g/mol. The topological polar surface area (TPSA) is 70.1 Å². The molecule has 0 spiro atoms. The van der Waals surface area contributed by atoms with Gasteiger partial charge < -0.3 is 10.5 Å². The summed E-state index contributed by atoms with van der Waals surface area (Å²) in [6.45, 7) is 2.10. The van der Waals surface area contributed by atoms with Gasteiger partial charge in [0, 0.05) is 23.4 Å². The Morgan fingerprint density at radius 2 is 2.29 bits per heavy atom. The Bertz CT molecular complexity index is 637. The number of nitrogens with two attached hydrogens (primary N) is 1. The first-order chi connectivity index (χ1) is 10.0. The van der Waals surface area contributed by atoms with Gasteiger partial charge in [-0.1, -0.05) is 17.7 Å². The third-order valence-corrected chi connectivity index (χ3v) is 4.50. The number of nitrogen functional groups attached to an aromatic ring is 1. The van der Waals surface area contributed by atoms with E-state index in [-0.39, 0.29) is 5.97 Å². The van der Waals surface area contributed by atoms with Crippen molar-refractivity contribution in [2.75, 3.05) is 12.3 Å². The van der Waals surface area contributed by atoms with Crippen LogP contribution in [0.4, 0.5) is 5.69 Å². The van der Waals surface area contributed by atoms with Crippen LogP contribution in [-0.4, -0.2) is 22.4 Å². The molecule has 2 N–H and O–H groups in total. The SMILES string of the molecule is CCOC(=O)c1cnn(C)c1CSc1c(N)cccc1Cl. The fourth-order valence-electron chi connectivity index (χ4n) is 1.83. The molecule has 0 atom stereocenters. The average Bonchev–Trinajstić information content (AvgIpc) is 2.80. The molecule has 0 radical (unpaired) electrons. The molecule has 0 saturated carbocycles. The molecule has 2 rings (SSSR count). The van der Waals surface area contributed by atoms with E-state index >= 15 is 0 Å². The molecule has 0 amide bonds. The van der Waals surface area contributed by atoms with Gasteiger partial charge in [0.15, 0.2) is 0 Å². The van der Waals surface area contributed by atoms with E-state index in [1.54, 1.807) is 36.9 Å². The number of anilines is 1. The first kappa shape index (κ1) is 15.7. The summed E-state index contributed by atoms with van der Waals surface area (Å²) in [5, 5.41) is 4.71. The Morgan fingerprint density at radius 3 is 2.95 bits per heavy atom. The number of carbonyl (C=O) groups excluding carboxylic acids is 1. The first-order valence-electron chi connectivity index (χ1n) is 6.39. The van der Waals surface area contributed by atoms with Crippen LogP contribution in [0.25, 0.3) is 0 Å². The van der Waals surface area contributed by atoms with E-state index in [1.807, 2.05) is 0 Å². The number of aryl methyl sites for hydroxylation is 1. The van der Waals surface area contributed by atoms with Crippen molar-refractivity contribution >= 4 is 35.0 Å². The summed E-state index contributed by atoms with van der Waals surface area (Å²) < 4.78 is 6.69. The third kappa shape index (κ3) is 3.51. The summed E-state index contributed by atoms with van der Waals surface area (Å²) in [5.74, 6) is 0.159. The van der Waals surface area contributed by atoms with Gasteiger partial charge in [0.2, 0.25) is 0 Å². The highest BCUT2D eigenvalue weighted by atomic mass is 35.5. The predicted octanol–water partition coefficient (Wildman–Crippen LogP) is 3.12. The van der Waals surface area contributed by atoms with E-state index in [4.69, 9.17) is 22.1 Å². The number of carbonyl (C=O) groups is 1. The minimum Gasteiger partial charge on any atom is -0.462 e. The lowest BCUT2D eigenvalue weighted by molar-refractivity contribution is 0.0525. The van der Waals surface area contributed by atoms with Crippen molar-refractivity contribution in [3.05, 3.63) is 40.7 Å². The standard InChI is InChI=1S/C14H16ClN3O2S/c1-3-20-14(19)9-7-17-18(2)12(9)8-21-13-10(15)5-4-6-11(13)16/h4-7H,3,8,16H2,1-2H3. The summed E-state index contributed by atoms with van der Waals surface area (Å²) in [6, 6.07) is 5.38. The quantitative estimate of drug-likeness (QED) is 0.519. The zero-order chi connectivity index (χ0) is 15.4. The monoisotopic (exact) mass is 325 g/mol. The molecule has 5 nitrogen and oxygen atoms in total. The molecule has 0 bridgehead atoms. The van der Waals surface area contributed by atoms with Crippen LogP contribution >= 0.6 is 23.4 Å². The van der Waals surface area contributed by atoms with Gasteiger partial charge >= 0.3 is 5.97 Å². The van der Waals surface area contributed by atoms with E-state index in [1.165, 1.54) is 18.0 Å². The Balaban J connectivity index is 2.21. The van der Waals surface area contributed by atoms with Crippen LogP contribution in [0.5, 0.6) is 0 Å². The highest BCUT2D eigenvalue weighted by Crippen LogP contribution is 2.34. The van der Waals surface area contributed by atoms with Gasteiger partial charge in [-0.3, -0.25) is 4.68 Å². The minimum atomic E-state index is -0.367. The number of nitrogens with zero attached hydrogens (tertiary/aromatic N) is 2. The largest absolute Gasteiger partial charge is 0.462 e. The zero-order valence-corrected chi connectivity index (χ0v) is 13.4. The van der Waals surface area contributed by atoms with Gasteiger partial charge in [0.25, 0.3) is 0 Å². The molecule has 7 heteroatoms. The number of ether oxygens (including phenoxy) is 1. The fraction of sp³-hybridized carbons (Fsp3) is 0.286. The van der Waals surface area contributed by atoms with Gasteiger partial charge in [-0.2, -0.15) is 5.10 Å². The van der Waals surface area contributed by atoms with Crippen LogP contribution in [0.15, 0.2) is 29.3 Å². The summed E-state index contributed by atoms with van der Waals surface area (Å²) in [7, 11) is 1.79. The smallest absolute Gasteiger partial charge is 0.341 e. The average molecular weight is 326 g/mol. The second kappa shape index (κ2) is 6.87. The van der Waals surface area contributed by atoms with Crippen LogP contribution in [-0.2, 0) is 17.5 Å². The second-order valence-corrected chi connectivity index (χ2v) is 5.69. The number of esters is 1. The molecule has 1 aromatic heterocycles. The summed E-state index contributed by atoms with van der Waals surface area (Å²) >= 11 is 7.62. The molecule has 21 heavy (non-hydrogen) atoms. The van der Waals surface area contributed by atoms with E-state index < -0.39 is 0 Å². The van der Waals surface area contributed by atoms with Crippen LogP contribution < -0.4 is 5.73 Å². The van der Waals surface area contributed by atoms with Crippen molar-refractivity contribution < 1.29 is 9.53 Å². The Kier molecular flexibility index (Phi) is 5.14. The van der Waals surface area contributed by atoms with Gasteiger partial charge in [-0.25, -0.2) is 4.79 Å². The lowest BCUT2D eigenvalue weighted by atomic mass is 10.3. The van der Waals surface area contributed by atoms with Gasteiger partial charge in [0.05, 0.1) is 23.5 Å². The molecule has 0 aliphatic carbocycles. The minimum absolute atomic E-state index is 0.331. The zero-order valence-electron chi connectivity index (χ0n) is 11.8. The van der Waals surface area contributed by atoms with Crippen LogP contribution in [0, 0.1) is 0 Å². The number of rotatable bonds is 5. The second-order valence-electron chi connectivity index (χ2n) is 4.30. The van der Waals surface area contributed by atoms with Gasteiger partial charge in [-0.05, 0) is 19.1 Å². The molecule has 0 aliphatic rings. The summed E-state index contributed by atoms with van der Waals surface area (Å²) in [4.78, 5) is 12.7. The van der Waals surface area contributed by atoms with Crippen molar-refractivity contribution in [2.45, 2.75) is 17.6 Å².